The molecular formula is C28H34N4O2S2. The summed E-state index contributed by atoms with van der Waals surface area (Å²) in [6.45, 7) is 12.3. The fourth-order valence-corrected chi connectivity index (χ4v) is 7.25. The number of amides is 2. The van der Waals surface area contributed by atoms with Gasteiger partial charge in [-0.25, -0.2) is 4.68 Å². The van der Waals surface area contributed by atoms with Crippen molar-refractivity contribution in [2.45, 2.75) is 58.1 Å². The summed E-state index contributed by atoms with van der Waals surface area (Å²) >= 11 is 3.35. The Labute approximate surface area is 221 Å². The molecule has 1 fully saturated rings. The van der Waals surface area contributed by atoms with Gasteiger partial charge in [0.05, 0.1) is 22.4 Å². The van der Waals surface area contributed by atoms with E-state index < -0.39 is 0 Å². The average Bonchev–Trinajstić information content (AvgIpc) is 3.59. The third-order valence-corrected chi connectivity index (χ3v) is 9.48. The third kappa shape index (κ3) is 4.50. The van der Waals surface area contributed by atoms with Crippen LogP contribution in [0.15, 0.2) is 35.7 Å². The highest BCUT2D eigenvalue weighted by atomic mass is 32.2. The summed E-state index contributed by atoms with van der Waals surface area (Å²) in [7, 11) is 0. The van der Waals surface area contributed by atoms with Crippen LogP contribution in [0.1, 0.15) is 66.1 Å². The van der Waals surface area contributed by atoms with Crippen molar-refractivity contribution in [3.63, 3.8) is 0 Å². The first kappa shape index (κ1) is 25.1. The molecule has 2 aliphatic rings. The van der Waals surface area contributed by atoms with Crippen molar-refractivity contribution in [3.8, 4) is 5.69 Å². The lowest BCUT2D eigenvalue weighted by Crippen LogP contribution is -2.43. The molecule has 0 saturated carbocycles. The Balaban J connectivity index is 1.77. The normalized spacial score (nSPS) is 18.5. The number of hydrogen-bond donors (Lipinski definition) is 0. The molecule has 36 heavy (non-hydrogen) atoms. The van der Waals surface area contributed by atoms with Gasteiger partial charge in [-0.15, -0.1) is 23.1 Å². The summed E-state index contributed by atoms with van der Waals surface area (Å²) in [4.78, 5) is 31.9. The van der Waals surface area contributed by atoms with E-state index in [0.29, 0.717) is 5.75 Å². The van der Waals surface area contributed by atoms with Crippen LogP contribution in [0, 0.1) is 13.8 Å². The molecule has 6 nitrogen and oxygen atoms in total. The van der Waals surface area contributed by atoms with Gasteiger partial charge in [-0.3, -0.25) is 14.5 Å². The van der Waals surface area contributed by atoms with Crippen LogP contribution in [0.25, 0.3) is 5.69 Å². The van der Waals surface area contributed by atoms with Crippen LogP contribution in [0.3, 0.4) is 0 Å². The van der Waals surface area contributed by atoms with E-state index in [1.807, 2.05) is 15.6 Å². The first-order chi connectivity index (χ1) is 17.2. The molecule has 0 radical (unpaired) electrons. The predicted octanol–water partition coefficient (Wildman–Crippen LogP) is 5.64. The molecule has 1 aromatic carbocycles. The Bertz CT molecular complexity index is 1280. The number of carbonyl (C=O) groups excluding carboxylic acids is 2. The fourth-order valence-electron chi connectivity index (χ4n) is 5.07. The summed E-state index contributed by atoms with van der Waals surface area (Å²) in [5, 5.41) is 7.28. The van der Waals surface area contributed by atoms with E-state index in [9.17, 15) is 9.59 Å². The number of aromatic nitrogens is 2. The van der Waals surface area contributed by atoms with E-state index in [4.69, 9.17) is 5.10 Å². The van der Waals surface area contributed by atoms with Gasteiger partial charge in [0.25, 0.3) is 0 Å². The van der Waals surface area contributed by atoms with E-state index in [-0.39, 0.29) is 29.0 Å². The zero-order valence-corrected chi connectivity index (χ0v) is 23.3. The van der Waals surface area contributed by atoms with Gasteiger partial charge in [0.2, 0.25) is 11.8 Å². The molecular weight excluding hydrogens is 488 g/mol. The van der Waals surface area contributed by atoms with Gasteiger partial charge < -0.3 is 4.90 Å². The fraction of sp³-hybridized carbons (Fsp3) is 0.464. The summed E-state index contributed by atoms with van der Waals surface area (Å²) in [5.41, 5.74) is 5.00. The lowest BCUT2D eigenvalue weighted by Gasteiger charge is -2.26. The molecule has 0 bridgehead atoms. The highest BCUT2D eigenvalue weighted by Gasteiger charge is 2.40. The van der Waals surface area contributed by atoms with Crippen LogP contribution in [-0.2, 0) is 15.0 Å². The quantitative estimate of drug-likeness (QED) is 0.445. The number of thiophene rings is 1. The number of likely N-dealkylation sites (tertiary alicyclic amines) is 1. The second-order valence-corrected chi connectivity index (χ2v) is 12.8. The second kappa shape index (κ2) is 9.71. The smallest absolute Gasteiger partial charge is 0.242 e. The topological polar surface area (TPSA) is 58.4 Å². The minimum absolute atomic E-state index is 0.0115. The Morgan fingerprint density at radius 2 is 1.86 bits per heavy atom. The number of hydrogen-bond acceptors (Lipinski definition) is 5. The standard InChI is InChI=1S/C28H34N4O2S2/c1-18-10-8-11-20(19(18)2)32-27-24(26(29-32)28(3,4)5)25(21-12-9-15-35-21)36-17-23(34)31(27)16-22(33)30-13-6-7-14-30/h8-12,15,25H,6-7,13-14,16-17H2,1-5H3/t25-/m1/s1. The van der Waals surface area contributed by atoms with Gasteiger partial charge in [0, 0.05) is 28.9 Å². The van der Waals surface area contributed by atoms with Crippen molar-refractivity contribution in [3.05, 3.63) is 63.0 Å². The van der Waals surface area contributed by atoms with Crippen molar-refractivity contribution >= 4 is 40.7 Å². The molecule has 0 unspecified atom stereocenters. The van der Waals surface area contributed by atoms with Crippen LogP contribution in [-0.4, -0.2) is 51.9 Å². The van der Waals surface area contributed by atoms with E-state index in [1.165, 1.54) is 4.88 Å². The van der Waals surface area contributed by atoms with Gasteiger partial charge in [0.15, 0.2) is 0 Å². The zero-order chi connectivity index (χ0) is 25.6. The molecule has 1 saturated heterocycles. The molecule has 1 atom stereocenters. The number of nitrogens with zero attached hydrogens (tertiary/aromatic N) is 4. The number of aryl methyl sites for hydroxylation is 1. The average molecular weight is 523 g/mol. The van der Waals surface area contributed by atoms with E-state index >= 15 is 0 Å². The Kier molecular flexibility index (Phi) is 6.76. The highest BCUT2D eigenvalue weighted by molar-refractivity contribution is 8.00. The molecule has 2 aliphatic heterocycles. The zero-order valence-electron chi connectivity index (χ0n) is 21.7. The van der Waals surface area contributed by atoms with Gasteiger partial charge in [-0.2, -0.15) is 5.10 Å². The maximum absolute atomic E-state index is 13.7. The number of carbonyl (C=O) groups is 2. The lowest BCUT2D eigenvalue weighted by molar-refractivity contribution is -0.130. The number of benzene rings is 1. The first-order valence-corrected chi connectivity index (χ1v) is 14.5. The second-order valence-electron chi connectivity index (χ2n) is 10.7. The van der Waals surface area contributed by atoms with Crippen molar-refractivity contribution in [2.24, 2.45) is 0 Å². The van der Waals surface area contributed by atoms with E-state index in [0.717, 1.165) is 59.8 Å². The SMILES string of the molecule is Cc1cccc(-n2nc(C(C)(C)C)c3c2N(CC(=O)N2CCCC2)C(=O)CS[C@@H]3c2cccs2)c1C. The minimum atomic E-state index is -0.249. The number of anilines is 1. The van der Waals surface area contributed by atoms with Crippen molar-refractivity contribution in [1.82, 2.24) is 14.7 Å². The Morgan fingerprint density at radius 3 is 2.53 bits per heavy atom. The van der Waals surface area contributed by atoms with Crippen LogP contribution < -0.4 is 4.90 Å². The predicted molar refractivity (Wildman–Crippen MR) is 149 cm³/mol. The summed E-state index contributed by atoms with van der Waals surface area (Å²) < 4.78 is 1.94. The number of thioether (sulfide) groups is 1. The van der Waals surface area contributed by atoms with Gasteiger partial charge in [0.1, 0.15) is 12.4 Å². The number of rotatable bonds is 4. The van der Waals surface area contributed by atoms with Crippen molar-refractivity contribution in [1.29, 1.82) is 0 Å². The monoisotopic (exact) mass is 522 g/mol. The van der Waals surface area contributed by atoms with Crippen LogP contribution in [0.5, 0.6) is 0 Å². The molecule has 0 N–H and O–H groups in total. The largest absolute Gasteiger partial charge is 0.341 e. The van der Waals surface area contributed by atoms with Crippen molar-refractivity contribution in [2.75, 3.05) is 30.3 Å². The van der Waals surface area contributed by atoms with E-state index in [2.05, 4.69) is 64.3 Å². The van der Waals surface area contributed by atoms with Crippen LogP contribution in [0.4, 0.5) is 5.82 Å². The molecule has 4 heterocycles. The molecule has 3 aromatic rings. The van der Waals surface area contributed by atoms with Crippen LogP contribution >= 0.6 is 23.1 Å². The molecule has 8 heteroatoms. The van der Waals surface area contributed by atoms with Gasteiger partial charge in [-0.1, -0.05) is 39.0 Å². The molecule has 190 valence electrons. The summed E-state index contributed by atoms with van der Waals surface area (Å²) in [5.74, 6) is 1.03. The number of fused-ring (bicyclic) bond motifs is 1. The molecule has 2 amide bonds. The first-order valence-electron chi connectivity index (χ1n) is 12.6. The molecule has 2 aromatic heterocycles. The van der Waals surface area contributed by atoms with E-state index in [1.54, 1.807) is 28.0 Å². The Morgan fingerprint density at radius 1 is 1.11 bits per heavy atom. The minimum Gasteiger partial charge on any atom is -0.341 e. The summed E-state index contributed by atoms with van der Waals surface area (Å²) in [6.07, 6.45) is 2.05. The van der Waals surface area contributed by atoms with Crippen molar-refractivity contribution < 1.29 is 9.59 Å². The van der Waals surface area contributed by atoms with Crippen LogP contribution in [0.2, 0.25) is 0 Å². The molecule has 0 aliphatic carbocycles. The summed E-state index contributed by atoms with van der Waals surface area (Å²) in [6, 6.07) is 10.4. The maximum atomic E-state index is 13.7. The van der Waals surface area contributed by atoms with Gasteiger partial charge in [-0.05, 0) is 55.3 Å². The maximum Gasteiger partial charge on any atom is 0.242 e. The lowest BCUT2D eigenvalue weighted by atomic mass is 9.88. The highest BCUT2D eigenvalue weighted by Crippen LogP contribution is 2.49. The third-order valence-electron chi connectivity index (χ3n) is 7.16. The Hall–Kier alpha value is -2.58. The molecule has 0 spiro atoms. The van der Waals surface area contributed by atoms with Gasteiger partial charge >= 0.3 is 0 Å². The molecule has 5 rings (SSSR count).